The SMILES string of the molecule is COC1C(OCSC)c2ccc(Br)cc2N1C(C)=O. The van der Waals surface area contributed by atoms with Crippen molar-refractivity contribution in [2.75, 3.05) is 24.2 Å². The third kappa shape index (κ3) is 2.81. The number of nitrogens with zero attached hydrogens (tertiary/aromatic N) is 1. The van der Waals surface area contributed by atoms with Gasteiger partial charge < -0.3 is 9.47 Å². The molecule has 1 heterocycles. The van der Waals surface area contributed by atoms with Crippen LogP contribution in [0.2, 0.25) is 0 Å². The van der Waals surface area contributed by atoms with Gasteiger partial charge in [-0.15, -0.1) is 11.8 Å². The topological polar surface area (TPSA) is 38.8 Å². The van der Waals surface area contributed by atoms with Gasteiger partial charge >= 0.3 is 0 Å². The molecule has 6 heteroatoms. The highest BCUT2D eigenvalue weighted by Crippen LogP contribution is 2.43. The normalized spacial score (nSPS) is 21.6. The van der Waals surface area contributed by atoms with Gasteiger partial charge in [-0.05, 0) is 18.4 Å². The zero-order valence-corrected chi connectivity index (χ0v) is 13.5. The highest BCUT2D eigenvalue weighted by atomic mass is 79.9. The number of anilines is 1. The summed E-state index contributed by atoms with van der Waals surface area (Å²) < 4.78 is 12.2. The van der Waals surface area contributed by atoms with Crippen molar-refractivity contribution >= 4 is 39.3 Å². The molecular formula is C13H16BrNO3S. The molecule has 0 aliphatic carbocycles. The molecule has 19 heavy (non-hydrogen) atoms. The van der Waals surface area contributed by atoms with Gasteiger partial charge in [0.2, 0.25) is 5.91 Å². The van der Waals surface area contributed by atoms with E-state index in [1.54, 1.807) is 23.8 Å². The number of methoxy groups -OCH3 is 1. The van der Waals surface area contributed by atoms with E-state index in [1.807, 2.05) is 24.5 Å². The number of carbonyl (C=O) groups excluding carboxylic acids is 1. The molecule has 2 rings (SSSR count). The number of hydrogen-bond acceptors (Lipinski definition) is 4. The van der Waals surface area contributed by atoms with Crippen molar-refractivity contribution in [1.82, 2.24) is 0 Å². The van der Waals surface area contributed by atoms with Crippen LogP contribution in [0, 0.1) is 0 Å². The molecule has 0 fully saturated rings. The quantitative estimate of drug-likeness (QED) is 0.785. The Hall–Kier alpha value is -0.560. The standard InChI is InChI=1S/C13H16BrNO3S/c1-8(16)15-11-6-9(14)4-5-10(11)12(13(15)17-2)18-7-19-3/h4-6,12-13H,7H2,1-3H3. The van der Waals surface area contributed by atoms with E-state index >= 15 is 0 Å². The van der Waals surface area contributed by atoms with Crippen LogP contribution in [-0.4, -0.2) is 31.4 Å². The van der Waals surface area contributed by atoms with Gasteiger partial charge in [0, 0.05) is 24.1 Å². The number of halogens is 1. The molecule has 0 N–H and O–H groups in total. The monoisotopic (exact) mass is 345 g/mol. The Kier molecular flexibility index (Phi) is 4.89. The Morgan fingerprint density at radius 1 is 1.53 bits per heavy atom. The van der Waals surface area contributed by atoms with Crippen LogP contribution < -0.4 is 4.90 Å². The summed E-state index contributed by atoms with van der Waals surface area (Å²) in [6.45, 7) is 1.54. The largest absolute Gasteiger partial charge is 0.358 e. The zero-order valence-electron chi connectivity index (χ0n) is 11.1. The molecule has 4 nitrogen and oxygen atoms in total. The fraction of sp³-hybridized carbons (Fsp3) is 0.462. The first-order valence-electron chi connectivity index (χ1n) is 5.82. The first kappa shape index (κ1) is 14.8. The number of hydrogen-bond donors (Lipinski definition) is 0. The van der Waals surface area contributed by atoms with Gasteiger partial charge in [-0.3, -0.25) is 9.69 Å². The average molecular weight is 346 g/mol. The maximum Gasteiger partial charge on any atom is 0.226 e. The van der Waals surface area contributed by atoms with Crippen molar-refractivity contribution in [3.63, 3.8) is 0 Å². The predicted molar refractivity (Wildman–Crippen MR) is 80.3 cm³/mol. The molecule has 2 unspecified atom stereocenters. The van der Waals surface area contributed by atoms with E-state index in [9.17, 15) is 4.79 Å². The smallest absolute Gasteiger partial charge is 0.226 e. The first-order chi connectivity index (χ1) is 9.10. The second-order valence-corrected chi connectivity index (χ2v) is 5.94. The highest BCUT2D eigenvalue weighted by Gasteiger charge is 2.41. The van der Waals surface area contributed by atoms with E-state index < -0.39 is 6.23 Å². The van der Waals surface area contributed by atoms with Crippen molar-refractivity contribution in [3.05, 3.63) is 28.2 Å². The minimum Gasteiger partial charge on any atom is -0.358 e. The van der Waals surface area contributed by atoms with E-state index in [1.165, 1.54) is 6.92 Å². The van der Waals surface area contributed by atoms with E-state index in [0.29, 0.717) is 5.94 Å². The lowest BCUT2D eigenvalue weighted by Crippen LogP contribution is -2.39. The third-order valence-electron chi connectivity index (χ3n) is 3.02. The van der Waals surface area contributed by atoms with Crippen molar-refractivity contribution in [2.45, 2.75) is 19.3 Å². The fourth-order valence-electron chi connectivity index (χ4n) is 2.28. The molecule has 0 aromatic heterocycles. The molecule has 0 bridgehead atoms. The van der Waals surface area contributed by atoms with Gasteiger partial charge in [-0.1, -0.05) is 22.0 Å². The number of carbonyl (C=O) groups is 1. The summed E-state index contributed by atoms with van der Waals surface area (Å²) in [5.41, 5.74) is 1.83. The lowest BCUT2D eigenvalue weighted by atomic mass is 10.1. The van der Waals surface area contributed by atoms with Gasteiger partial charge in [0.25, 0.3) is 0 Å². The summed E-state index contributed by atoms with van der Waals surface area (Å²) in [6.07, 6.45) is 1.32. The summed E-state index contributed by atoms with van der Waals surface area (Å²) in [7, 11) is 1.59. The second kappa shape index (κ2) is 6.26. The van der Waals surface area contributed by atoms with Gasteiger partial charge in [0.15, 0.2) is 6.23 Å². The van der Waals surface area contributed by atoms with Crippen molar-refractivity contribution in [1.29, 1.82) is 0 Å². The summed E-state index contributed by atoms with van der Waals surface area (Å²) in [6, 6.07) is 5.84. The molecule has 0 radical (unpaired) electrons. The maximum atomic E-state index is 11.9. The summed E-state index contributed by atoms with van der Waals surface area (Å²) in [5.74, 6) is 0.507. The number of amides is 1. The molecule has 1 aromatic rings. The van der Waals surface area contributed by atoms with E-state index in [-0.39, 0.29) is 12.0 Å². The lowest BCUT2D eigenvalue weighted by molar-refractivity contribution is -0.121. The lowest BCUT2D eigenvalue weighted by Gasteiger charge is -2.26. The number of thioether (sulfide) groups is 1. The number of rotatable bonds is 4. The van der Waals surface area contributed by atoms with Gasteiger partial charge in [-0.2, -0.15) is 0 Å². The number of benzene rings is 1. The molecule has 0 saturated heterocycles. The summed E-state index contributed by atoms with van der Waals surface area (Å²) in [4.78, 5) is 13.5. The van der Waals surface area contributed by atoms with Crippen LogP contribution in [0.25, 0.3) is 0 Å². The molecule has 1 amide bonds. The minimum atomic E-state index is -0.408. The van der Waals surface area contributed by atoms with Gasteiger partial charge in [0.1, 0.15) is 6.10 Å². The molecular weight excluding hydrogens is 330 g/mol. The van der Waals surface area contributed by atoms with Crippen molar-refractivity contribution in [2.24, 2.45) is 0 Å². The van der Waals surface area contributed by atoms with Crippen molar-refractivity contribution < 1.29 is 14.3 Å². The molecule has 1 aliphatic rings. The van der Waals surface area contributed by atoms with Crippen LogP contribution in [0.3, 0.4) is 0 Å². The van der Waals surface area contributed by atoms with Crippen LogP contribution in [-0.2, 0) is 14.3 Å². The van der Waals surface area contributed by atoms with Crippen LogP contribution in [0.1, 0.15) is 18.6 Å². The summed E-state index contributed by atoms with van der Waals surface area (Å²) >= 11 is 5.03. The fourth-order valence-corrected chi connectivity index (χ4v) is 2.92. The molecule has 1 aromatic carbocycles. The van der Waals surface area contributed by atoms with Crippen molar-refractivity contribution in [3.8, 4) is 0 Å². The average Bonchev–Trinajstić information content (AvgIpc) is 2.68. The highest BCUT2D eigenvalue weighted by molar-refractivity contribution is 9.10. The Morgan fingerprint density at radius 2 is 2.26 bits per heavy atom. The van der Waals surface area contributed by atoms with E-state index in [2.05, 4.69) is 15.9 Å². The number of ether oxygens (including phenoxy) is 2. The maximum absolute atomic E-state index is 11.9. The van der Waals surface area contributed by atoms with Crippen LogP contribution >= 0.6 is 27.7 Å². The molecule has 0 spiro atoms. The molecule has 104 valence electrons. The Morgan fingerprint density at radius 3 is 2.84 bits per heavy atom. The zero-order chi connectivity index (χ0) is 14.0. The van der Waals surface area contributed by atoms with Crippen LogP contribution in [0.5, 0.6) is 0 Å². The van der Waals surface area contributed by atoms with Gasteiger partial charge in [0.05, 0.1) is 11.6 Å². The molecule has 2 atom stereocenters. The number of fused-ring (bicyclic) bond motifs is 1. The summed E-state index contributed by atoms with van der Waals surface area (Å²) in [5, 5.41) is 0. The molecule has 1 aliphatic heterocycles. The minimum absolute atomic E-state index is 0.0542. The Balaban J connectivity index is 2.43. The van der Waals surface area contributed by atoms with E-state index in [0.717, 1.165) is 15.7 Å². The third-order valence-corrected chi connectivity index (χ3v) is 3.88. The van der Waals surface area contributed by atoms with Gasteiger partial charge in [-0.25, -0.2) is 0 Å². The first-order valence-corrected chi connectivity index (χ1v) is 8.01. The molecule has 0 saturated carbocycles. The Labute approximate surface area is 125 Å². The van der Waals surface area contributed by atoms with Crippen LogP contribution in [0.15, 0.2) is 22.7 Å². The van der Waals surface area contributed by atoms with Crippen LogP contribution in [0.4, 0.5) is 5.69 Å². The predicted octanol–water partition coefficient (Wildman–Crippen LogP) is 3.17. The van der Waals surface area contributed by atoms with E-state index in [4.69, 9.17) is 9.47 Å². The second-order valence-electron chi connectivity index (χ2n) is 4.21. The Bertz CT molecular complexity index is 483.